The van der Waals surface area contributed by atoms with Crippen molar-refractivity contribution in [2.45, 2.75) is 26.8 Å². The Hall–Kier alpha value is -1.96. The van der Waals surface area contributed by atoms with Crippen LogP contribution in [0.5, 0.6) is 0 Å². The molecular weight excluding hydrogens is 232 g/mol. The first kappa shape index (κ1) is 12.1. The lowest BCUT2D eigenvalue weighted by molar-refractivity contribution is 0.732. The molecule has 0 bridgehead atoms. The fourth-order valence-electron chi connectivity index (χ4n) is 2.80. The Kier molecular flexibility index (Phi) is 2.94. The molecule has 0 saturated heterocycles. The van der Waals surface area contributed by atoms with Crippen LogP contribution in [-0.2, 0) is 13.0 Å². The molecule has 98 valence electrons. The quantitative estimate of drug-likeness (QED) is 0.788. The molecule has 2 aromatic carbocycles. The Labute approximate surface area is 114 Å². The van der Waals surface area contributed by atoms with Gasteiger partial charge in [-0.05, 0) is 54.7 Å². The van der Waals surface area contributed by atoms with Gasteiger partial charge in [0, 0.05) is 13.1 Å². The van der Waals surface area contributed by atoms with Gasteiger partial charge in [0.25, 0.3) is 0 Å². The second kappa shape index (κ2) is 4.61. The maximum Gasteiger partial charge on any atom is 0.0605 e. The van der Waals surface area contributed by atoms with Crippen molar-refractivity contribution in [3.05, 3.63) is 58.7 Å². The third-order valence-electron chi connectivity index (χ3n) is 4.11. The molecule has 2 aromatic rings. The largest absolute Gasteiger partial charge is 0.397 e. The molecular formula is C17H20N2. The Morgan fingerprint density at radius 1 is 1.00 bits per heavy atom. The van der Waals surface area contributed by atoms with Crippen molar-refractivity contribution in [1.82, 2.24) is 0 Å². The van der Waals surface area contributed by atoms with Crippen molar-refractivity contribution in [3.63, 3.8) is 0 Å². The molecule has 2 heteroatoms. The highest BCUT2D eigenvalue weighted by atomic mass is 15.1. The second-order valence-corrected chi connectivity index (χ2v) is 5.44. The summed E-state index contributed by atoms with van der Waals surface area (Å²) in [5.74, 6) is 0. The van der Waals surface area contributed by atoms with Gasteiger partial charge in [0.05, 0.1) is 11.4 Å². The van der Waals surface area contributed by atoms with Gasteiger partial charge in [0.2, 0.25) is 0 Å². The van der Waals surface area contributed by atoms with Crippen LogP contribution in [0.3, 0.4) is 0 Å². The first-order chi connectivity index (χ1) is 9.15. The van der Waals surface area contributed by atoms with Crippen LogP contribution in [-0.4, -0.2) is 6.54 Å². The van der Waals surface area contributed by atoms with Crippen molar-refractivity contribution in [2.24, 2.45) is 0 Å². The number of nitrogens with two attached hydrogens (primary N) is 1. The highest BCUT2D eigenvalue weighted by molar-refractivity contribution is 5.70. The number of hydrogen-bond acceptors (Lipinski definition) is 2. The molecule has 2 N–H and O–H groups in total. The minimum Gasteiger partial charge on any atom is -0.397 e. The van der Waals surface area contributed by atoms with E-state index in [0.717, 1.165) is 25.2 Å². The topological polar surface area (TPSA) is 29.3 Å². The van der Waals surface area contributed by atoms with Crippen LogP contribution in [0, 0.1) is 13.8 Å². The van der Waals surface area contributed by atoms with Gasteiger partial charge < -0.3 is 10.6 Å². The van der Waals surface area contributed by atoms with E-state index in [1.807, 2.05) is 0 Å². The van der Waals surface area contributed by atoms with Gasteiger partial charge in [0.1, 0.15) is 0 Å². The summed E-state index contributed by atoms with van der Waals surface area (Å²) >= 11 is 0. The van der Waals surface area contributed by atoms with E-state index in [9.17, 15) is 0 Å². The molecule has 3 rings (SSSR count). The van der Waals surface area contributed by atoms with E-state index in [1.165, 1.54) is 27.9 Å². The standard InChI is InChI=1S/C17H20N2/c1-12-9-16(18)17(10-13(12)2)19-8-7-14-5-3-4-6-15(14)11-19/h3-6,9-10H,7-8,11,18H2,1-2H3. The van der Waals surface area contributed by atoms with Crippen LogP contribution in [0.4, 0.5) is 11.4 Å². The SMILES string of the molecule is Cc1cc(N)c(N2CCc3ccccc3C2)cc1C. The fraction of sp³-hybridized carbons (Fsp3) is 0.294. The van der Waals surface area contributed by atoms with Gasteiger partial charge in [-0.25, -0.2) is 0 Å². The first-order valence-corrected chi connectivity index (χ1v) is 6.83. The average molecular weight is 252 g/mol. The third kappa shape index (κ3) is 2.19. The number of nitrogen functional groups attached to an aromatic ring is 1. The first-order valence-electron chi connectivity index (χ1n) is 6.83. The number of hydrogen-bond donors (Lipinski definition) is 1. The van der Waals surface area contributed by atoms with Crippen LogP contribution in [0.15, 0.2) is 36.4 Å². The van der Waals surface area contributed by atoms with Crippen LogP contribution in [0.25, 0.3) is 0 Å². The molecule has 0 unspecified atom stereocenters. The van der Waals surface area contributed by atoms with E-state index in [1.54, 1.807) is 0 Å². The van der Waals surface area contributed by atoms with Crippen molar-refractivity contribution in [3.8, 4) is 0 Å². The molecule has 0 saturated carbocycles. The Balaban J connectivity index is 1.95. The average Bonchev–Trinajstić information content (AvgIpc) is 2.42. The van der Waals surface area contributed by atoms with E-state index < -0.39 is 0 Å². The predicted molar refractivity (Wildman–Crippen MR) is 81.5 cm³/mol. The van der Waals surface area contributed by atoms with E-state index in [2.05, 4.69) is 55.1 Å². The molecule has 1 aliphatic rings. The molecule has 2 nitrogen and oxygen atoms in total. The van der Waals surface area contributed by atoms with Gasteiger partial charge in [-0.1, -0.05) is 24.3 Å². The van der Waals surface area contributed by atoms with Crippen molar-refractivity contribution in [1.29, 1.82) is 0 Å². The summed E-state index contributed by atoms with van der Waals surface area (Å²) < 4.78 is 0. The zero-order chi connectivity index (χ0) is 13.4. The maximum absolute atomic E-state index is 6.20. The lowest BCUT2D eigenvalue weighted by atomic mass is 9.98. The number of anilines is 2. The molecule has 0 atom stereocenters. The summed E-state index contributed by atoms with van der Waals surface area (Å²) in [5.41, 5.74) is 13.7. The lowest BCUT2D eigenvalue weighted by Gasteiger charge is -2.32. The van der Waals surface area contributed by atoms with Crippen LogP contribution < -0.4 is 10.6 Å². The van der Waals surface area contributed by atoms with E-state index in [-0.39, 0.29) is 0 Å². The van der Waals surface area contributed by atoms with Gasteiger partial charge in [-0.2, -0.15) is 0 Å². The van der Waals surface area contributed by atoms with Crippen molar-refractivity contribution < 1.29 is 0 Å². The number of aryl methyl sites for hydroxylation is 2. The predicted octanol–water partition coefficient (Wildman–Crippen LogP) is 3.45. The fourth-order valence-corrected chi connectivity index (χ4v) is 2.80. The maximum atomic E-state index is 6.20. The number of nitrogens with zero attached hydrogens (tertiary/aromatic N) is 1. The molecule has 19 heavy (non-hydrogen) atoms. The van der Waals surface area contributed by atoms with Crippen LogP contribution in [0.2, 0.25) is 0 Å². The molecule has 1 heterocycles. The third-order valence-corrected chi connectivity index (χ3v) is 4.11. The Morgan fingerprint density at radius 3 is 2.47 bits per heavy atom. The molecule has 0 fully saturated rings. The summed E-state index contributed by atoms with van der Waals surface area (Å²) in [7, 11) is 0. The second-order valence-electron chi connectivity index (χ2n) is 5.44. The van der Waals surface area contributed by atoms with Gasteiger partial charge in [-0.3, -0.25) is 0 Å². The molecule has 0 aliphatic carbocycles. The minimum absolute atomic E-state index is 0.891. The molecule has 0 amide bonds. The summed E-state index contributed by atoms with van der Waals surface area (Å²) in [5, 5.41) is 0. The Morgan fingerprint density at radius 2 is 1.68 bits per heavy atom. The van der Waals surface area contributed by atoms with Crippen LogP contribution >= 0.6 is 0 Å². The van der Waals surface area contributed by atoms with E-state index in [0.29, 0.717) is 0 Å². The van der Waals surface area contributed by atoms with Gasteiger partial charge in [0.15, 0.2) is 0 Å². The van der Waals surface area contributed by atoms with Crippen molar-refractivity contribution >= 4 is 11.4 Å². The minimum atomic E-state index is 0.891. The monoisotopic (exact) mass is 252 g/mol. The van der Waals surface area contributed by atoms with Crippen molar-refractivity contribution in [2.75, 3.05) is 17.2 Å². The van der Waals surface area contributed by atoms with Gasteiger partial charge >= 0.3 is 0 Å². The zero-order valence-electron chi connectivity index (χ0n) is 11.6. The molecule has 0 radical (unpaired) electrons. The van der Waals surface area contributed by atoms with E-state index >= 15 is 0 Å². The summed E-state index contributed by atoms with van der Waals surface area (Å²) in [4.78, 5) is 2.39. The zero-order valence-corrected chi connectivity index (χ0v) is 11.6. The molecule has 1 aliphatic heterocycles. The molecule has 0 spiro atoms. The normalized spacial score (nSPS) is 14.3. The number of rotatable bonds is 1. The van der Waals surface area contributed by atoms with Gasteiger partial charge in [-0.15, -0.1) is 0 Å². The number of fused-ring (bicyclic) bond motifs is 1. The van der Waals surface area contributed by atoms with Crippen LogP contribution in [0.1, 0.15) is 22.3 Å². The highest BCUT2D eigenvalue weighted by Gasteiger charge is 2.18. The lowest BCUT2D eigenvalue weighted by Crippen LogP contribution is -2.31. The highest BCUT2D eigenvalue weighted by Crippen LogP contribution is 2.31. The van der Waals surface area contributed by atoms with E-state index in [4.69, 9.17) is 5.73 Å². The summed E-state index contributed by atoms with van der Waals surface area (Å²) in [6, 6.07) is 13.0. The summed E-state index contributed by atoms with van der Waals surface area (Å²) in [6.45, 7) is 6.27. The molecule has 0 aromatic heterocycles. The number of benzene rings is 2. The smallest absolute Gasteiger partial charge is 0.0605 e. The summed E-state index contributed by atoms with van der Waals surface area (Å²) in [6.07, 6.45) is 1.10. The Bertz CT molecular complexity index is 617.